The van der Waals surface area contributed by atoms with Crippen LogP contribution in [-0.4, -0.2) is 35.4 Å². The van der Waals surface area contributed by atoms with E-state index in [0.717, 1.165) is 17.4 Å². The van der Waals surface area contributed by atoms with Crippen LogP contribution < -0.4 is 5.73 Å². The molecular formula is C14H22BrN3O. The van der Waals surface area contributed by atoms with Crippen LogP contribution in [0.25, 0.3) is 0 Å². The molecule has 0 fully saturated rings. The molecule has 1 amide bonds. The van der Waals surface area contributed by atoms with Crippen molar-refractivity contribution < 1.29 is 4.79 Å². The third kappa shape index (κ3) is 4.91. The minimum Gasteiger partial charge on any atom is -0.338 e. The first-order valence-corrected chi connectivity index (χ1v) is 7.29. The lowest BCUT2D eigenvalue weighted by Gasteiger charge is -2.31. The van der Waals surface area contributed by atoms with E-state index in [0.29, 0.717) is 18.7 Å². The number of pyridine rings is 1. The Morgan fingerprint density at radius 2 is 2.16 bits per heavy atom. The van der Waals surface area contributed by atoms with Crippen LogP contribution in [0.4, 0.5) is 0 Å². The molecule has 0 saturated carbocycles. The molecule has 0 aliphatic rings. The zero-order valence-corrected chi connectivity index (χ0v) is 13.4. The molecule has 0 saturated heterocycles. The van der Waals surface area contributed by atoms with Crippen molar-refractivity contribution >= 4 is 21.8 Å². The fourth-order valence-corrected chi connectivity index (χ4v) is 2.18. The average Bonchev–Trinajstić information content (AvgIpc) is 2.37. The van der Waals surface area contributed by atoms with E-state index >= 15 is 0 Å². The third-order valence-electron chi connectivity index (χ3n) is 2.90. The summed E-state index contributed by atoms with van der Waals surface area (Å²) in [6.07, 6.45) is 4.20. The van der Waals surface area contributed by atoms with E-state index in [1.807, 2.05) is 4.90 Å². The number of aromatic nitrogens is 1. The van der Waals surface area contributed by atoms with Gasteiger partial charge in [-0.3, -0.25) is 9.78 Å². The van der Waals surface area contributed by atoms with Crippen LogP contribution >= 0.6 is 15.9 Å². The van der Waals surface area contributed by atoms with E-state index in [1.165, 1.54) is 0 Å². The zero-order chi connectivity index (χ0) is 14.5. The van der Waals surface area contributed by atoms with Gasteiger partial charge in [0.1, 0.15) is 0 Å². The van der Waals surface area contributed by atoms with Crippen LogP contribution in [0, 0.1) is 5.41 Å². The summed E-state index contributed by atoms with van der Waals surface area (Å²) < 4.78 is 0.813. The van der Waals surface area contributed by atoms with E-state index < -0.39 is 0 Å². The van der Waals surface area contributed by atoms with Gasteiger partial charge in [0.15, 0.2) is 0 Å². The maximum absolute atomic E-state index is 12.5. The van der Waals surface area contributed by atoms with Gasteiger partial charge in [0.25, 0.3) is 5.91 Å². The van der Waals surface area contributed by atoms with E-state index in [9.17, 15) is 4.79 Å². The molecule has 1 aromatic heterocycles. The van der Waals surface area contributed by atoms with Crippen LogP contribution in [-0.2, 0) is 0 Å². The van der Waals surface area contributed by atoms with Crippen molar-refractivity contribution in [3.8, 4) is 0 Å². The summed E-state index contributed by atoms with van der Waals surface area (Å²) in [7, 11) is 0. The Hall–Kier alpha value is -0.940. The predicted octanol–water partition coefficient (Wildman–Crippen LogP) is 2.68. The van der Waals surface area contributed by atoms with Crippen molar-refractivity contribution in [3.63, 3.8) is 0 Å². The van der Waals surface area contributed by atoms with Gasteiger partial charge in [-0.1, -0.05) is 20.8 Å². The Morgan fingerprint density at radius 1 is 1.47 bits per heavy atom. The highest BCUT2D eigenvalue weighted by Crippen LogP contribution is 2.18. The highest BCUT2D eigenvalue weighted by Gasteiger charge is 2.24. The normalized spacial score (nSPS) is 11.4. The monoisotopic (exact) mass is 327 g/mol. The summed E-state index contributed by atoms with van der Waals surface area (Å²) in [6, 6.07) is 1.80. The second-order valence-electron chi connectivity index (χ2n) is 5.49. The molecule has 1 aromatic rings. The summed E-state index contributed by atoms with van der Waals surface area (Å²) in [4.78, 5) is 18.4. The average molecular weight is 328 g/mol. The predicted molar refractivity (Wildman–Crippen MR) is 81.0 cm³/mol. The minimum absolute atomic E-state index is 0.0113. The number of hydrogen-bond donors (Lipinski definition) is 1. The van der Waals surface area contributed by atoms with Gasteiger partial charge >= 0.3 is 0 Å². The van der Waals surface area contributed by atoms with Gasteiger partial charge in [-0.2, -0.15) is 0 Å². The number of carbonyl (C=O) groups excluding carboxylic acids is 1. The Bertz CT molecular complexity index is 434. The number of carbonyl (C=O) groups is 1. The van der Waals surface area contributed by atoms with E-state index in [1.54, 1.807) is 18.5 Å². The van der Waals surface area contributed by atoms with Gasteiger partial charge in [0.2, 0.25) is 0 Å². The van der Waals surface area contributed by atoms with Crippen molar-refractivity contribution in [3.05, 3.63) is 28.5 Å². The molecule has 19 heavy (non-hydrogen) atoms. The molecule has 0 radical (unpaired) electrons. The smallest absolute Gasteiger partial charge is 0.255 e. The Balaban J connectivity index is 2.90. The second-order valence-corrected chi connectivity index (χ2v) is 6.40. The SMILES string of the molecule is CCCN(CC(C)(C)CN)C(=O)c1cncc(Br)c1. The fourth-order valence-electron chi connectivity index (χ4n) is 1.81. The number of rotatable bonds is 6. The van der Waals surface area contributed by atoms with Crippen molar-refractivity contribution in [1.82, 2.24) is 9.88 Å². The molecular weight excluding hydrogens is 306 g/mol. The van der Waals surface area contributed by atoms with Crippen molar-refractivity contribution in [2.24, 2.45) is 11.1 Å². The molecule has 1 rings (SSSR count). The summed E-state index contributed by atoms with van der Waals surface area (Å²) in [6.45, 7) is 8.15. The highest BCUT2D eigenvalue weighted by molar-refractivity contribution is 9.10. The first kappa shape index (κ1) is 16.1. The maximum atomic E-state index is 12.5. The molecule has 0 bridgehead atoms. The quantitative estimate of drug-likeness (QED) is 0.873. The Kier molecular flexibility index (Phi) is 5.94. The molecule has 0 atom stereocenters. The van der Waals surface area contributed by atoms with Crippen LogP contribution in [0.2, 0.25) is 0 Å². The van der Waals surface area contributed by atoms with Gasteiger partial charge < -0.3 is 10.6 Å². The first-order chi connectivity index (χ1) is 8.89. The molecule has 2 N–H and O–H groups in total. The second kappa shape index (κ2) is 7.01. The standard InChI is InChI=1S/C14H22BrN3O/c1-4-5-18(10-14(2,3)9-16)13(19)11-6-12(15)8-17-7-11/h6-8H,4-5,9-10,16H2,1-3H3. The van der Waals surface area contributed by atoms with Gasteiger partial charge in [0.05, 0.1) is 5.56 Å². The van der Waals surface area contributed by atoms with E-state index in [2.05, 4.69) is 41.7 Å². The summed E-state index contributed by atoms with van der Waals surface area (Å²) in [5.41, 5.74) is 6.28. The number of halogens is 1. The van der Waals surface area contributed by atoms with E-state index in [-0.39, 0.29) is 11.3 Å². The van der Waals surface area contributed by atoms with Gasteiger partial charge in [-0.25, -0.2) is 0 Å². The number of amides is 1. The third-order valence-corrected chi connectivity index (χ3v) is 3.34. The summed E-state index contributed by atoms with van der Waals surface area (Å²) in [5, 5.41) is 0. The lowest BCUT2D eigenvalue weighted by molar-refractivity contribution is 0.0689. The Labute approximate surface area is 123 Å². The Morgan fingerprint density at radius 3 is 2.68 bits per heavy atom. The topological polar surface area (TPSA) is 59.2 Å². The molecule has 5 heteroatoms. The molecule has 106 valence electrons. The number of nitrogens with zero attached hydrogens (tertiary/aromatic N) is 2. The molecule has 0 aliphatic heterocycles. The lowest BCUT2D eigenvalue weighted by atomic mass is 9.92. The van der Waals surface area contributed by atoms with Gasteiger partial charge in [-0.05, 0) is 40.4 Å². The minimum atomic E-state index is -0.0791. The van der Waals surface area contributed by atoms with Crippen LogP contribution in [0.1, 0.15) is 37.6 Å². The number of hydrogen-bond acceptors (Lipinski definition) is 3. The van der Waals surface area contributed by atoms with Crippen molar-refractivity contribution in [2.45, 2.75) is 27.2 Å². The molecule has 0 aliphatic carbocycles. The number of nitrogens with two attached hydrogens (primary N) is 1. The lowest BCUT2D eigenvalue weighted by Crippen LogP contribution is -2.42. The first-order valence-electron chi connectivity index (χ1n) is 6.49. The fraction of sp³-hybridized carbons (Fsp3) is 0.571. The maximum Gasteiger partial charge on any atom is 0.255 e. The van der Waals surface area contributed by atoms with E-state index in [4.69, 9.17) is 5.73 Å². The highest BCUT2D eigenvalue weighted by atomic mass is 79.9. The van der Waals surface area contributed by atoms with Crippen molar-refractivity contribution in [1.29, 1.82) is 0 Å². The summed E-state index contributed by atoms with van der Waals surface area (Å²) in [5.74, 6) is 0.0113. The van der Waals surface area contributed by atoms with Gasteiger partial charge in [-0.15, -0.1) is 0 Å². The molecule has 4 nitrogen and oxygen atoms in total. The molecule has 0 unspecified atom stereocenters. The molecule has 0 aromatic carbocycles. The summed E-state index contributed by atoms with van der Waals surface area (Å²) >= 11 is 3.34. The van der Waals surface area contributed by atoms with Crippen LogP contribution in [0.5, 0.6) is 0 Å². The zero-order valence-electron chi connectivity index (χ0n) is 11.8. The molecule has 1 heterocycles. The van der Waals surface area contributed by atoms with Crippen LogP contribution in [0.3, 0.4) is 0 Å². The van der Waals surface area contributed by atoms with Gasteiger partial charge in [0, 0.05) is 30.0 Å². The van der Waals surface area contributed by atoms with Crippen LogP contribution in [0.15, 0.2) is 22.9 Å². The molecule has 0 spiro atoms. The largest absolute Gasteiger partial charge is 0.338 e. The van der Waals surface area contributed by atoms with Crippen molar-refractivity contribution in [2.75, 3.05) is 19.6 Å².